The van der Waals surface area contributed by atoms with E-state index in [9.17, 15) is 4.39 Å². The third-order valence-electron chi connectivity index (χ3n) is 2.36. The van der Waals surface area contributed by atoms with Crippen LogP contribution in [0.1, 0.15) is 0 Å². The molecule has 0 aliphatic carbocycles. The third kappa shape index (κ3) is 2.09. The van der Waals surface area contributed by atoms with Crippen molar-refractivity contribution >= 4 is 27.0 Å². The number of halogens is 2. The van der Waals surface area contributed by atoms with Gasteiger partial charge in [-0.3, -0.25) is 0 Å². The molecule has 1 aromatic heterocycles. The predicted octanol–water partition coefficient (Wildman–Crippen LogP) is 4.52. The second-order valence-corrected chi connectivity index (χ2v) is 4.48. The SMILES string of the molecule is Fc1ccc(Br)c(Oc2nc3ccccc3o2)c1. The summed E-state index contributed by atoms with van der Waals surface area (Å²) in [5.41, 5.74) is 1.32. The molecule has 0 saturated heterocycles. The Kier molecular flexibility index (Phi) is 2.76. The molecular weight excluding hydrogens is 301 g/mol. The Hall–Kier alpha value is -1.88. The van der Waals surface area contributed by atoms with Crippen molar-refractivity contribution < 1.29 is 13.5 Å². The predicted molar refractivity (Wildman–Crippen MR) is 68.2 cm³/mol. The van der Waals surface area contributed by atoms with Crippen molar-refractivity contribution in [3.05, 3.63) is 52.8 Å². The van der Waals surface area contributed by atoms with Gasteiger partial charge in [-0.25, -0.2) is 4.39 Å². The normalized spacial score (nSPS) is 10.8. The minimum absolute atomic E-state index is 0.0856. The molecule has 0 atom stereocenters. The smallest absolute Gasteiger partial charge is 0.400 e. The molecule has 0 fully saturated rings. The van der Waals surface area contributed by atoms with Gasteiger partial charge in [-0.05, 0) is 40.2 Å². The van der Waals surface area contributed by atoms with E-state index in [1.165, 1.54) is 12.1 Å². The highest BCUT2D eigenvalue weighted by Gasteiger charge is 2.10. The van der Waals surface area contributed by atoms with Gasteiger partial charge >= 0.3 is 6.08 Å². The van der Waals surface area contributed by atoms with Crippen LogP contribution in [0.15, 0.2) is 51.4 Å². The number of aromatic nitrogens is 1. The molecule has 0 radical (unpaired) electrons. The van der Waals surface area contributed by atoms with E-state index in [1.54, 1.807) is 12.1 Å². The number of hydrogen-bond donors (Lipinski definition) is 0. The Morgan fingerprint density at radius 1 is 1.17 bits per heavy atom. The van der Waals surface area contributed by atoms with Gasteiger partial charge < -0.3 is 9.15 Å². The lowest BCUT2D eigenvalue weighted by Gasteiger charge is -2.02. The molecule has 0 bridgehead atoms. The molecule has 0 unspecified atom stereocenters. The third-order valence-corrected chi connectivity index (χ3v) is 3.02. The first-order valence-corrected chi connectivity index (χ1v) is 6.00. The van der Waals surface area contributed by atoms with Crippen molar-refractivity contribution in [2.75, 3.05) is 0 Å². The zero-order chi connectivity index (χ0) is 12.5. The van der Waals surface area contributed by atoms with E-state index in [1.807, 2.05) is 18.2 Å². The number of benzene rings is 2. The molecule has 2 aromatic carbocycles. The minimum Gasteiger partial charge on any atom is -0.410 e. The molecule has 0 aliphatic rings. The fraction of sp³-hybridized carbons (Fsp3) is 0. The monoisotopic (exact) mass is 307 g/mol. The van der Waals surface area contributed by atoms with Crippen molar-refractivity contribution in [1.82, 2.24) is 4.98 Å². The van der Waals surface area contributed by atoms with Crippen LogP contribution >= 0.6 is 15.9 Å². The molecule has 5 heteroatoms. The summed E-state index contributed by atoms with van der Waals surface area (Å²) in [5.74, 6) is -0.0640. The van der Waals surface area contributed by atoms with Crippen LogP contribution in [0.25, 0.3) is 11.1 Å². The van der Waals surface area contributed by atoms with Crippen LogP contribution in [0.3, 0.4) is 0 Å². The fourth-order valence-corrected chi connectivity index (χ4v) is 1.87. The number of hydrogen-bond acceptors (Lipinski definition) is 3. The maximum atomic E-state index is 13.1. The zero-order valence-corrected chi connectivity index (χ0v) is 10.6. The molecule has 3 rings (SSSR count). The Labute approximate surface area is 110 Å². The summed E-state index contributed by atoms with van der Waals surface area (Å²) < 4.78 is 24.5. The fourth-order valence-electron chi connectivity index (χ4n) is 1.54. The van der Waals surface area contributed by atoms with E-state index in [-0.39, 0.29) is 11.9 Å². The van der Waals surface area contributed by atoms with Crippen LogP contribution < -0.4 is 4.74 Å². The number of ether oxygens (including phenoxy) is 1. The second-order valence-electron chi connectivity index (χ2n) is 3.62. The topological polar surface area (TPSA) is 35.3 Å². The lowest BCUT2D eigenvalue weighted by molar-refractivity contribution is 0.340. The summed E-state index contributed by atoms with van der Waals surface area (Å²) >= 11 is 3.27. The van der Waals surface area contributed by atoms with Gasteiger partial charge in [0.2, 0.25) is 0 Å². The molecule has 18 heavy (non-hydrogen) atoms. The van der Waals surface area contributed by atoms with Crippen molar-refractivity contribution in [3.63, 3.8) is 0 Å². The van der Waals surface area contributed by atoms with Crippen LogP contribution in [0.5, 0.6) is 11.8 Å². The summed E-state index contributed by atoms with van der Waals surface area (Å²) in [6.45, 7) is 0. The van der Waals surface area contributed by atoms with Gasteiger partial charge in [-0.15, -0.1) is 0 Å². The lowest BCUT2D eigenvalue weighted by atomic mass is 10.3. The number of oxazole rings is 1. The Morgan fingerprint density at radius 2 is 2.00 bits per heavy atom. The van der Waals surface area contributed by atoms with Gasteiger partial charge in [-0.1, -0.05) is 12.1 Å². The van der Waals surface area contributed by atoms with Crippen LogP contribution in [-0.4, -0.2) is 4.98 Å². The average Bonchev–Trinajstić information content (AvgIpc) is 2.76. The summed E-state index contributed by atoms with van der Waals surface area (Å²) in [6, 6.07) is 11.5. The van der Waals surface area contributed by atoms with Crippen molar-refractivity contribution in [2.45, 2.75) is 0 Å². The highest BCUT2D eigenvalue weighted by molar-refractivity contribution is 9.10. The second kappa shape index (κ2) is 4.42. The van der Waals surface area contributed by atoms with E-state index in [0.717, 1.165) is 0 Å². The molecule has 0 spiro atoms. The van der Waals surface area contributed by atoms with E-state index < -0.39 is 0 Å². The molecule has 0 aliphatic heterocycles. The van der Waals surface area contributed by atoms with Crippen LogP contribution in [-0.2, 0) is 0 Å². The van der Waals surface area contributed by atoms with Crippen molar-refractivity contribution in [1.29, 1.82) is 0 Å². The van der Waals surface area contributed by atoms with Crippen molar-refractivity contribution in [2.24, 2.45) is 0 Å². The maximum Gasteiger partial charge on any atom is 0.400 e. The molecule has 0 saturated carbocycles. The zero-order valence-electron chi connectivity index (χ0n) is 9.06. The van der Waals surface area contributed by atoms with Gasteiger partial charge in [0.1, 0.15) is 17.1 Å². The van der Waals surface area contributed by atoms with Gasteiger partial charge in [0.05, 0.1) is 4.47 Å². The summed E-state index contributed by atoms with van der Waals surface area (Å²) in [5, 5.41) is 0. The molecule has 0 N–H and O–H groups in total. The highest BCUT2D eigenvalue weighted by atomic mass is 79.9. The minimum atomic E-state index is -0.385. The first-order valence-electron chi connectivity index (χ1n) is 5.21. The number of rotatable bonds is 2. The standard InChI is InChI=1S/C13H7BrFNO2/c14-9-6-5-8(15)7-12(9)18-13-16-10-3-1-2-4-11(10)17-13/h1-7H. The molecule has 90 valence electrons. The summed E-state index contributed by atoms with van der Waals surface area (Å²) in [7, 11) is 0. The number of fused-ring (bicyclic) bond motifs is 1. The van der Waals surface area contributed by atoms with E-state index in [4.69, 9.17) is 9.15 Å². The molecule has 3 aromatic rings. The van der Waals surface area contributed by atoms with Gasteiger partial charge in [0.15, 0.2) is 5.58 Å². The molecule has 0 amide bonds. The molecule has 3 nitrogen and oxygen atoms in total. The van der Waals surface area contributed by atoms with Crippen LogP contribution in [0.2, 0.25) is 0 Å². The highest BCUT2D eigenvalue weighted by Crippen LogP contribution is 2.31. The molecule has 1 heterocycles. The first kappa shape index (κ1) is 11.2. The summed E-state index contributed by atoms with van der Waals surface area (Å²) in [6.07, 6.45) is 0.0856. The largest absolute Gasteiger partial charge is 0.410 e. The lowest BCUT2D eigenvalue weighted by Crippen LogP contribution is -1.86. The van der Waals surface area contributed by atoms with E-state index in [0.29, 0.717) is 21.3 Å². The Bertz CT molecular complexity index is 678. The number of para-hydroxylation sites is 2. The van der Waals surface area contributed by atoms with E-state index in [2.05, 4.69) is 20.9 Å². The number of nitrogens with zero attached hydrogens (tertiary/aromatic N) is 1. The summed E-state index contributed by atoms with van der Waals surface area (Å²) in [4.78, 5) is 4.15. The van der Waals surface area contributed by atoms with Crippen LogP contribution in [0.4, 0.5) is 4.39 Å². The first-order chi connectivity index (χ1) is 8.72. The Balaban J connectivity index is 1.98. The quantitative estimate of drug-likeness (QED) is 0.698. The van der Waals surface area contributed by atoms with Gasteiger partial charge in [0, 0.05) is 6.07 Å². The van der Waals surface area contributed by atoms with Gasteiger partial charge in [0.25, 0.3) is 0 Å². The average molecular weight is 308 g/mol. The Morgan fingerprint density at radius 3 is 2.83 bits per heavy atom. The van der Waals surface area contributed by atoms with Crippen molar-refractivity contribution in [3.8, 4) is 11.8 Å². The van der Waals surface area contributed by atoms with E-state index >= 15 is 0 Å². The van der Waals surface area contributed by atoms with Crippen LogP contribution in [0, 0.1) is 5.82 Å². The van der Waals surface area contributed by atoms with Gasteiger partial charge in [-0.2, -0.15) is 4.98 Å². The molecular formula is C13H7BrFNO2. The maximum absolute atomic E-state index is 13.1.